The molecular formula is C16H20N2O3. The van der Waals surface area contributed by atoms with Gasteiger partial charge in [0.15, 0.2) is 6.61 Å². The first-order valence-electron chi connectivity index (χ1n) is 7.24. The number of carbonyl (C=O) groups excluding carboxylic acids is 1. The lowest BCUT2D eigenvalue weighted by molar-refractivity contribution is -0.123. The summed E-state index contributed by atoms with van der Waals surface area (Å²) in [5, 5.41) is 11.6. The molecule has 1 saturated heterocycles. The third-order valence-electron chi connectivity index (χ3n) is 3.66. The van der Waals surface area contributed by atoms with Crippen molar-refractivity contribution in [3.63, 3.8) is 0 Å². The summed E-state index contributed by atoms with van der Waals surface area (Å²) >= 11 is 0. The second kappa shape index (κ2) is 7.65. The number of nitrogens with one attached hydrogen (secondary N) is 1. The molecule has 21 heavy (non-hydrogen) atoms. The monoisotopic (exact) mass is 288 g/mol. The van der Waals surface area contributed by atoms with Gasteiger partial charge in [-0.2, -0.15) is 5.26 Å². The van der Waals surface area contributed by atoms with Gasteiger partial charge in [0.2, 0.25) is 0 Å². The zero-order valence-electron chi connectivity index (χ0n) is 12.2. The molecule has 1 N–H and O–H groups in total. The normalized spacial score (nSPS) is 20.8. The minimum atomic E-state index is -0.138. The summed E-state index contributed by atoms with van der Waals surface area (Å²) in [6, 6.07) is 8.73. The Kier molecular flexibility index (Phi) is 5.59. The fourth-order valence-electron chi connectivity index (χ4n) is 2.45. The predicted octanol–water partition coefficient (Wildman–Crippen LogP) is 1.87. The van der Waals surface area contributed by atoms with E-state index >= 15 is 0 Å². The first-order valence-corrected chi connectivity index (χ1v) is 7.24. The summed E-state index contributed by atoms with van der Waals surface area (Å²) in [7, 11) is 0. The molecule has 5 nitrogen and oxygen atoms in total. The van der Waals surface area contributed by atoms with Crippen LogP contribution in [0.5, 0.6) is 5.75 Å². The zero-order chi connectivity index (χ0) is 15.1. The number of ether oxygens (including phenoxy) is 2. The average molecular weight is 288 g/mol. The minimum Gasteiger partial charge on any atom is -0.484 e. The van der Waals surface area contributed by atoms with Crippen LogP contribution in [-0.2, 0) is 9.53 Å². The highest BCUT2D eigenvalue weighted by atomic mass is 16.5. The van der Waals surface area contributed by atoms with Crippen LogP contribution in [0.15, 0.2) is 24.3 Å². The lowest BCUT2D eigenvalue weighted by atomic mass is 10.00. The number of benzene rings is 1. The molecule has 2 atom stereocenters. The fourth-order valence-corrected chi connectivity index (χ4v) is 2.45. The largest absolute Gasteiger partial charge is 0.484 e. The van der Waals surface area contributed by atoms with Crippen LogP contribution < -0.4 is 10.1 Å². The third-order valence-corrected chi connectivity index (χ3v) is 3.66. The molecule has 1 heterocycles. The topological polar surface area (TPSA) is 71.3 Å². The van der Waals surface area contributed by atoms with Crippen molar-refractivity contribution in [2.75, 3.05) is 19.8 Å². The van der Waals surface area contributed by atoms with Crippen molar-refractivity contribution in [2.45, 2.75) is 25.9 Å². The maximum absolute atomic E-state index is 11.8. The SMILES string of the molecule is CCC1OCCC1CNC(=O)COc1ccc(C#N)cc1. The number of hydrogen-bond acceptors (Lipinski definition) is 4. The maximum atomic E-state index is 11.8. The summed E-state index contributed by atoms with van der Waals surface area (Å²) in [6.45, 7) is 3.49. The second-order valence-corrected chi connectivity index (χ2v) is 5.10. The highest BCUT2D eigenvalue weighted by Gasteiger charge is 2.26. The van der Waals surface area contributed by atoms with E-state index in [4.69, 9.17) is 14.7 Å². The smallest absolute Gasteiger partial charge is 0.257 e. The molecule has 0 spiro atoms. The van der Waals surface area contributed by atoms with Crippen molar-refractivity contribution < 1.29 is 14.3 Å². The molecule has 0 radical (unpaired) electrons. The lowest BCUT2D eigenvalue weighted by Crippen LogP contribution is -2.35. The molecule has 0 aliphatic carbocycles. The first kappa shape index (κ1) is 15.3. The van der Waals surface area contributed by atoms with Gasteiger partial charge in [0.25, 0.3) is 5.91 Å². The van der Waals surface area contributed by atoms with Gasteiger partial charge in [-0.1, -0.05) is 6.92 Å². The molecule has 5 heteroatoms. The molecule has 2 unspecified atom stereocenters. The number of carbonyl (C=O) groups is 1. The van der Waals surface area contributed by atoms with Crippen molar-refractivity contribution in [3.05, 3.63) is 29.8 Å². The van der Waals surface area contributed by atoms with Gasteiger partial charge in [0, 0.05) is 19.1 Å². The van der Waals surface area contributed by atoms with Gasteiger partial charge < -0.3 is 14.8 Å². The number of nitriles is 1. The molecular weight excluding hydrogens is 268 g/mol. The highest BCUT2D eigenvalue weighted by Crippen LogP contribution is 2.22. The van der Waals surface area contributed by atoms with Crippen molar-refractivity contribution >= 4 is 5.91 Å². The van der Waals surface area contributed by atoms with Gasteiger partial charge in [-0.15, -0.1) is 0 Å². The Balaban J connectivity index is 1.71. The summed E-state index contributed by atoms with van der Waals surface area (Å²) in [5.74, 6) is 0.842. The summed E-state index contributed by atoms with van der Waals surface area (Å²) < 4.78 is 11.0. The van der Waals surface area contributed by atoms with Crippen molar-refractivity contribution in [2.24, 2.45) is 5.92 Å². The van der Waals surface area contributed by atoms with Gasteiger partial charge in [-0.05, 0) is 37.1 Å². The molecule has 0 aromatic heterocycles. The van der Waals surface area contributed by atoms with Gasteiger partial charge in [-0.25, -0.2) is 0 Å². The van der Waals surface area contributed by atoms with E-state index in [9.17, 15) is 4.79 Å². The second-order valence-electron chi connectivity index (χ2n) is 5.10. The van der Waals surface area contributed by atoms with Crippen molar-refractivity contribution in [3.8, 4) is 11.8 Å². The summed E-state index contributed by atoms with van der Waals surface area (Å²) in [5.41, 5.74) is 0.568. The standard InChI is InChI=1S/C16H20N2O3/c1-2-15-13(7-8-20-15)10-18-16(19)11-21-14-5-3-12(9-17)4-6-14/h3-6,13,15H,2,7-8,10-11H2,1H3,(H,18,19). The molecule has 112 valence electrons. The lowest BCUT2D eigenvalue weighted by Gasteiger charge is -2.17. The molecule has 1 aliphatic heterocycles. The average Bonchev–Trinajstić information content (AvgIpc) is 2.99. The molecule has 1 amide bonds. The predicted molar refractivity (Wildman–Crippen MR) is 77.8 cm³/mol. The molecule has 0 saturated carbocycles. The van der Waals surface area contributed by atoms with Crippen LogP contribution >= 0.6 is 0 Å². The van der Waals surface area contributed by atoms with E-state index in [2.05, 4.69) is 12.2 Å². The van der Waals surface area contributed by atoms with Crippen molar-refractivity contribution in [1.82, 2.24) is 5.32 Å². The van der Waals surface area contributed by atoms with E-state index in [1.54, 1.807) is 24.3 Å². The Hall–Kier alpha value is -2.06. The Bertz CT molecular complexity index is 507. The zero-order valence-corrected chi connectivity index (χ0v) is 12.2. The van der Waals surface area contributed by atoms with Crippen molar-refractivity contribution in [1.29, 1.82) is 5.26 Å². The van der Waals surface area contributed by atoms with Gasteiger partial charge in [0.1, 0.15) is 5.75 Å². The number of hydrogen-bond donors (Lipinski definition) is 1. The van der Waals surface area contributed by atoms with E-state index < -0.39 is 0 Å². The van der Waals surface area contributed by atoms with E-state index in [-0.39, 0.29) is 18.6 Å². The number of rotatable bonds is 6. The van der Waals surface area contributed by atoms with Gasteiger partial charge in [0.05, 0.1) is 17.7 Å². The molecule has 1 aromatic rings. The number of nitrogens with zero attached hydrogens (tertiary/aromatic N) is 1. The summed E-state index contributed by atoms with van der Waals surface area (Å²) in [4.78, 5) is 11.8. The molecule has 0 bridgehead atoms. The van der Waals surface area contributed by atoms with E-state index in [1.165, 1.54) is 0 Å². The van der Waals surface area contributed by atoms with E-state index in [1.807, 2.05) is 6.07 Å². The molecule has 1 fully saturated rings. The Morgan fingerprint density at radius 3 is 2.90 bits per heavy atom. The highest BCUT2D eigenvalue weighted by molar-refractivity contribution is 5.77. The summed E-state index contributed by atoms with van der Waals surface area (Å²) in [6.07, 6.45) is 2.22. The molecule has 2 rings (SSSR count). The Morgan fingerprint density at radius 1 is 1.48 bits per heavy atom. The fraction of sp³-hybridized carbons (Fsp3) is 0.500. The van der Waals surface area contributed by atoms with Crippen LogP contribution in [0.4, 0.5) is 0 Å². The van der Waals surface area contributed by atoms with E-state index in [0.717, 1.165) is 19.4 Å². The molecule has 1 aliphatic rings. The third kappa shape index (κ3) is 4.47. The van der Waals surface area contributed by atoms with Crippen LogP contribution in [0, 0.1) is 17.2 Å². The Labute approximate surface area is 124 Å². The number of amides is 1. The van der Waals surface area contributed by atoms with Crippen LogP contribution in [0.2, 0.25) is 0 Å². The maximum Gasteiger partial charge on any atom is 0.257 e. The van der Waals surface area contributed by atoms with Crippen LogP contribution in [0.25, 0.3) is 0 Å². The Morgan fingerprint density at radius 2 is 2.24 bits per heavy atom. The van der Waals surface area contributed by atoms with Crippen LogP contribution in [0.3, 0.4) is 0 Å². The minimum absolute atomic E-state index is 0.0176. The quantitative estimate of drug-likeness (QED) is 0.867. The van der Waals surface area contributed by atoms with Crippen LogP contribution in [-0.4, -0.2) is 31.8 Å². The van der Waals surface area contributed by atoms with Gasteiger partial charge in [-0.3, -0.25) is 4.79 Å². The van der Waals surface area contributed by atoms with Gasteiger partial charge >= 0.3 is 0 Å². The first-order chi connectivity index (χ1) is 10.2. The van der Waals surface area contributed by atoms with Crippen LogP contribution in [0.1, 0.15) is 25.3 Å². The molecule has 1 aromatic carbocycles. The van der Waals surface area contributed by atoms with E-state index in [0.29, 0.717) is 23.8 Å².